The van der Waals surface area contributed by atoms with Crippen molar-refractivity contribution < 1.29 is 18.0 Å². The summed E-state index contributed by atoms with van der Waals surface area (Å²) in [6.45, 7) is 3.48. The van der Waals surface area contributed by atoms with Crippen molar-refractivity contribution in [2.75, 3.05) is 0 Å². The number of carbonyl (C=O) groups excluding carboxylic acids is 2. The zero-order chi connectivity index (χ0) is 21.5. The van der Waals surface area contributed by atoms with Crippen molar-refractivity contribution in [2.45, 2.75) is 31.3 Å². The van der Waals surface area contributed by atoms with Crippen LogP contribution in [-0.2, 0) is 16.6 Å². The molecular formula is C21H19N3O4S2. The SMILES string of the molecule is CC(C)N1C(=O)c2ccc(C(=O)NCc3nc(-c4ccccc4)cs3)cc2S1(=O)=O. The molecule has 0 saturated heterocycles. The second kappa shape index (κ2) is 7.66. The molecule has 3 aromatic rings. The second-order valence-electron chi connectivity index (χ2n) is 7.09. The zero-order valence-electron chi connectivity index (χ0n) is 16.3. The van der Waals surface area contributed by atoms with E-state index in [1.165, 1.54) is 29.5 Å². The number of rotatable bonds is 5. The van der Waals surface area contributed by atoms with Gasteiger partial charge >= 0.3 is 0 Å². The molecule has 30 heavy (non-hydrogen) atoms. The smallest absolute Gasteiger partial charge is 0.269 e. The summed E-state index contributed by atoms with van der Waals surface area (Å²) in [5.41, 5.74) is 2.10. The first-order valence-corrected chi connectivity index (χ1v) is 11.6. The number of nitrogens with one attached hydrogen (secondary N) is 1. The maximum atomic E-state index is 12.7. The van der Waals surface area contributed by atoms with Crippen molar-refractivity contribution in [2.24, 2.45) is 0 Å². The average molecular weight is 442 g/mol. The Kier molecular flexibility index (Phi) is 5.17. The fourth-order valence-corrected chi connectivity index (χ4v) is 5.83. The van der Waals surface area contributed by atoms with E-state index < -0.39 is 27.9 Å². The van der Waals surface area contributed by atoms with E-state index in [9.17, 15) is 18.0 Å². The zero-order valence-corrected chi connectivity index (χ0v) is 18.0. The number of thiazole rings is 1. The molecule has 0 radical (unpaired) electrons. The number of fused-ring (bicyclic) bond motifs is 1. The van der Waals surface area contributed by atoms with Crippen LogP contribution in [0.4, 0.5) is 0 Å². The molecule has 1 aliphatic heterocycles. The number of sulfonamides is 1. The number of amides is 2. The van der Waals surface area contributed by atoms with Crippen molar-refractivity contribution in [3.8, 4) is 11.3 Å². The highest BCUT2D eigenvalue weighted by Crippen LogP contribution is 2.32. The van der Waals surface area contributed by atoms with E-state index in [2.05, 4.69) is 10.3 Å². The van der Waals surface area contributed by atoms with Crippen molar-refractivity contribution in [3.63, 3.8) is 0 Å². The summed E-state index contributed by atoms with van der Waals surface area (Å²) < 4.78 is 26.2. The summed E-state index contributed by atoms with van der Waals surface area (Å²) in [5, 5.41) is 5.41. The van der Waals surface area contributed by atoms with Gasteiger partial charge in [0.2, 0.25) is 0 Å². The molecule has 0 spiro atoms. The summed E-state index contributed by atoms with van der Waals surface area (Å²) in [5.74, 6) is -0.997. The van der Waals surface area contributed by atoms with Crippen molar-refractivity contribution in [1.82, 2.24) is 14.6 Å². The Hall–Kier alpha value is -3.04. The van der Waals surface area contributed by atoms with Gasteiger partial charge in [0.1, 0.15) is 9.90 Å². The number of carbonyl (C=O) groups is 2. The van der Waals surface area contributed by atoms with Gasteiger partial charge in [0.25, 0.3) is 21.8 Å². The third kappa shape index (κ3) is 3.50. The minimum absolute atomic E-state index is 0.0904. The predicted molar refractivity (Wildman–Crippen MR) is 114 cm³/mol. The predicted octanol–water partition coefficient (Wildman–Crippen LogP) is 3.29. The van der Waals surface area contributed by atoms with Crippen LogP contribution in [0.1, 0.15) is 39.6 Å². The largest absolute Gasteiger partial charge is 0.346 e. The van der Waals surface area contributed by atoms with Crippen molar-refractivity contribution in [3.05, 3.63) is 70.0 Å². The topological polar surface area (TPSA) is 96.4 Å². The van der Waals surface area contributed by atoms with E-state index in [-0.39, 0.29) is 22.6 Å². The van der Waals surface area contributed by atoms with E-state index in [1.807, 2.05) is 35.7 Å². The number of hydrogen-bond acceptors (Lipinski definition) is 6. The van der Waals surface area contributed by atoms with Gasteiger partial charge in [-0.1, -0.05) is 30.3 Å². The normalized spacial score (nSPS) is 14.8. The van der Waals surface area contributed by atoms with E-state index in [0.717, 1.165) is 20.6 Å². The first kappa shape index (κ1) is 20.2. The van der Waals surface area contributed by atoms with Crippen LogP contribution in [0.15, 0.2) is 58.8 Å². The fourth-order valence-electron chi connectivity index (χ4n) is 3.29. The molecule has 1 aromatic heterocycles. The molecule has 2 amide bonds. The molecule has 2 heterocycles. The Labute approximate surface area is 178 Å². The number of nitrogens with zero attached hydrogens (tertiary/aromatic N) is 2. The Bertz CT molecular complexity index is 1230. The van der Waals surface area contributed by atoms with Gasteiger partial charge in [-0.3, -0.25) is 9.59 Å². The van der Waals surface area contributed by atoms with Crippen LogP contribution in [-0.4, -0.2) is 35.6 Å². The molecule has 0 fully saturated rings. The molecule has 0 atom stereocenters. The third-order valence-corrected chi connectivity index (χ3v) is 7.55. The van der Waals surface area contributed by atoms with Crippen LogP contribution in [0, 0.1) is 0 Å². The highest BCUT2D eigenvalue weighted by molar-refractivity contribution is 7.90. The highest BCUT2D eigenvalue weighted by atomic mass is 32.2. The van der Waals surface area contributed by atoms with Gasteiger partial charge in [-0.05, 0) is 32.0 Å². The molecule has 7 nitrogen and oxygen atoms in total. The fraction of sp³-hybridized carbons (Fsp3) is 0.190. The number of hydrogen-bond donors (Lipinski definition) is 1. The lowest BCUT2D eigenvalue weighted by Crippen LogP contribution is -2.36. The maximum Gasteiger partial charge on any atom is 0.269 e. The Morgan fingerprint density at radius 3 is 2.60 bits per heavy atom. The van der Waals surface area contributed by atoms with Crippen LogP contribution >= 0.6 is 11.3 Å². The van der Waals surface area contributed by atoms with Crippen LogP contribution in [0.2, 0.25) is 0 Å². The van der Waals surface area contributed by atoms with E-state index in [0.29, 0.717) is 0 Å². The summed E-state index contributed by atoms with van der Waals surface area (Å²) >= 11 is 1.43. The van der Waals surface area contributed by atoms with Gasteiger partial charge in [-0.15, -0.1) is 11.3 Å². The second-order valence-corrected chi connectivity index (χ2v) is 9.81. The molecule has 154 valence electrons. The molecular weight excluding hydrogens is 422 g/mol. The van der Waals surface area contributed by atoms with Crippen molar-refractivity contribution in [1.29, 1.82) is 0 Å². The summed E-state index contributed by atoms with van der Waals surface area (Å²) in [4.78, 5) is 29.4. The number of benzene rings is 2. The Balaban J connectivity index is 1.50. The minimum Gasteiger partial charge on any atom is -0.346 e. The monoisotopic (exact) mass is 441 g/mol. The molecule has 1 aliphatic rings. The lowest BCUT2D eigenvalue weighted by molar-refractivity contribution is 0.0845. The summed E-state index contributed by atoms with van der Waals surface area (Å²) in [6, 6.07) is 13.3. The average Bonchev–Trinajstić information content (AvgIpc) is 3.27. The first-order chi connectivity index (χ1) is 14.3. The highest BCUT2D eigenvalue weighted by Gasteiger charge is 2.42. The van der Waals surface area contributed by atoms with Gasteiger partial charge in [0.15, 0.2) is 0 Å². The lowest BCUT2D eigenvalue weighted by atomic mass is 10.1. The van der Waals surface area contributed by atoms with E-state index in [1.54, 1.807) is 13.8 Å². The Morgan fingerprint density at radius 2 is 1.90 bits per heavy atom. The van der Waals surface area contributed by atoms with Crippen molar-refractivity contribution >= 4 is 33.2 Å². The summed E-state index contributed by atoms with van der Waals surface area (Å²) in [6.07, 6.45) is 0. The van der Waals surface area contributed by atoms with Gasteiger partial charge in [-0.2, -0.15) is 0 Å². The molecule has 2 aromatic carbocycles. The molecule has 0 unspecified atom stereocenters. The molecule has 0 saturated carbocycles. The minimum atomic E-state index is -3.95. The number of aromatic nitrogens is 1. The van der Waals surface area contributed by atoms with Gasteiger partial charge in [0, 0.05) is 22.5 Å². The van der Waals surface area contributed by atoms with Crippen LogP contribution < -0.4 is 5.32 Å². The molecule has 0 bridgehead atoms. The Morgan fingerprint density at radius 1 is 1.17 bits per heavy atom. The third-order valence-electron chi connectivity index (χ3n) is 4.70. The lowest BCUT2D eigenvalue weighted by Gasteiger charge is -2.18. The van der Waals surface area contributed by atoms with Crippen LogP contribution in [0.3, 0.4) is 0 Å². The van der Waals surface area contributed by atoms with Gasteiger partial charge in [-0.25, -0.2) is 17.7 Å². The van der Waals surface area contributed by atoms with Crippen LogP contribution in [0.25, 0.3) is 11.3 Å². The first-order valence-electron chi connectivity index (χ1n) is 9.30. The standard InChI is InChI=1S/C21H19N3O4S2/c1-13(2)24-21(26)16-9-8-15(10-18(16)30(24,27)28)20(25)22-11-19-23-17(12-29-19)14-6-4-3-5-7-14/h3-10,12-13H,11H2,1-2H3,(H,22,25). The van der Waals surface area contributed by atoms with E-state index in [4.69, 9.17) is 0 Å². The van der Waals surface area contributed by atoms with Crippen LogP contribution in [0.5, 0.6) is 0 Å². The summed E-state index contributed by atoms with van der Waals surface area (Å²) in [7, 11) is -3.95. The molecule has 4 rings (SSSR count). The maximum absolute atomic E-state index is 12.7. The molecule has 1 N–H and O–H groups in total. The van der Waals surface area contributed by atoms with E-state index >= 15 is 0 Å². The quantitative estimate of drug-likeness (QED) is 0.655. The van der Waals surface area contributed by atoms with Gasteiger partial charge < -0.3 is 5.32 Å². The molecule has 9 heteroatoms. The molecule has 0 aliphatic carbocycles. The van der Waals surface area contributed by atoms with Gasteiger partial charge in [0.05, 0.1) is 17.8 Å².